The maximum atomic E-state index is 11.5. The summed E-state index contributed by atoms with van der Waals surface area (Å²) in [6.45, 7) is 1.70. The first-order valence-corrected chi connectivity index (χ1v) is 10.6. The van der Waals surface area contributed by atoms with Crippen LogP contribution in [0.4, 0.5) is 0 Å². The number of sulfonamides is 1. The molecule has 0 fully saturated rings. The number of rotatable bonds is 7. The second-order valence-corrected chi connectivity index (χ2v) is 8.01. The van der Waals surface area contributed by atoms with Crippen LogP contribution in [0.2, 0.25) is 0 Å². The molecular weight excluding hydrogens is 515 g/mol. The molecular formula is C20H25IN6O2S. The topological polar surface area (TPSA) is 114 Å². The lowest BCUT2D eigenvalue weighted by molar-refractivity contribution is 0.597. The molecule has 30 heavy (non-hydrogen) atoms. The SMILES string of the molecule is CN=C(NCc1cccc(S(N)(=O)=O)c1)NCc1ccccc1Cn1cccn1.I. The Morgan fingerprint density at radius 2 is 1.80 bits per heavy atom. The highest BCUT2D eigenvalue weighted by Gasteiger charge is 2.09. The van der Waals surface area contributed by atoms with Crippen molar-refractivity contribution in [1.82, 2.24) is 20.4 Å². The molecule has 0 radical (unpaired) electrons. The number of hydrogen-bond donors (Lipinski definition) is 3. The van der Waals surface area contributed by atoms with E-state index in [4.69, 9.17) is 5.14 Å². The predicted molar refractivity (Wildman–Crippen MR) is 128 cm³/mol. The van der Waals surface area contributed by atoms with Crippen molar-refractivity contribution in [2.75, 3.05) is 7.05 Å². The second-order valence-electron chi connectivity index (χ2n) is 6.44. The van der Waals surface area contributed by atoms with Gasteiger partial charge in [0, 0.05) is 32.5 Å². The molecule has 1 aromatic heterocycles. The smallest absolute Gasteiger partial charge is 0.238 e. The Morgan fingerprint density at radius 1 is 1.07 bits per heavy atom. The Labute approximate surface area is 193 Å². The van der Waals surface area contributed by atoms with E-state index in [0.29, 0.717) is 25.6 Å². The number of nitrogens with two attached hydrogens (primary N) is 1. The number of halogens is 1. The Hall–Kier alpha value is -2.44. The van der Waals surface area contributed by atoms with Gasteiger partial charge >= 0.3 is 0 Å². The fraction of sp³-hybridized carbons (Fsp3) is 0.200. The van der Waals surface area contributed by atoms with Crippen LogP contribution in [-0.2, 0) is 29.7 Å². The average molecular weight is 540 g/mol. The first kappa shape index (κ1) is 23.8. The van der Waals surface area contributed by atoms with E-state index >= 15 is 0 Å². The van der Waals surface area contributed by atoms with Crippen LogP contribution in [-0.4, -0.2) is 31.2 Å². The standard InChI is InChI=1S/C20H24N6O2S.HI/c1-22-20(23-13-16-6-4-9-19(12-16)29(21,27)28)24-14-17-7-2-3-8-18(17)15-26-11-5-10-25-26;/h2-12H,13-15H2,1H3,(H2,21,27,28)(H2,22,23,24);1H. The molecule has 0 aliphatic rings. The van der Waals surface area contributed by atoms with E-state index in [2.05, 4.69) is 32.9 Å². The molecule has 3 aromatic rings. The minimum absolute atomic E-state index is 0. The molecule has 160 valence electrons. The van der Waals surface area contributed by atoms with E-state index in [-0.39, 0.29) is 28.9 Å². The Bertz CT molecular complexity index is 1080. The number of guanidine groups is 1. The van der Waals surface area contributed by atoms with Crippen LogP contribution in [0.25, 0.3) is 0 Å². The molecule has 0 saturated heterocycles. The highest BCUT2D eigenvalue weighted by molar-refractivity contribution is 14.0. The normalized spacial score (nSPS) is 11.6. The minimum atomic E-state index is -3.72. The van der Waals surface area contributed by atoms with E-state index in [1.807, 2.05) is 35.1 Å². The van der Waals surface area contributed by atoms with Crippen LogP contribution in [0.3, 0.4) is 0 Å². The number of primary sulfonamides is 1. The lowest BCUT2D eigenvalue weighted by Gasteiger charge is -2.15. The van der Waals surface area contributed by atoms with Gasteiger partial charge in [0.15, 0.2) is 5.96 Å². The number of nitrogens with zero attached hydrogens (tertiary/aromatic N) is 3. The van der Waals surface area contributed by atoms with Gasteiger partial charge in [-0.2, -0.15) is 5.10 Å². The summed E-state index contributed by atoms with van der Waals surface area (Å²) in [5.74, 6) is 0.611. The molecule has 0 unspecified atom stereocenters. The van der Waals surface area contributed by atoms with Crippen molar-refractivity contribution in [3.8, 4) is 0 Å². The molecule has 0 atom stereocenters. The van der Waals surface area contributed by atoms with Crippen LogP contribution < -0.4 is 15.8 Å². The molecule has 0 bridgehead atoms. The van der Waals surface area contributed by atoms with Crippen LogP contribution in [0, 0.1) is 0 Å². The number of hydrogen-bond acceptors (Lipinski definition) is 4. The Morgan fingerprint density at radius 3 is 2.47 bits per heavy atom. The first-order valence-electron chi connectivity index (χ1n) is 9.06. The van der Waals surface area contributed by atoms with Gasteiger partial charge in [-0.3, -0.25) is 9.67 Å². The van der Waals surface area contributed by atoms with Crippen LogP contribution in [0.15, 0.2) is 76.9 Å². The van der Waals surface area contributed by atoms with E-state index in [1.54, 1.807) is 25.4 Å². The summed E-state index contributed by atoms with van der Waals surface area (Å²) in [6, 6.07) is 16.6. The van der Waals surface area contributed by atoms with Gasteiger partial charge in [0.2, 0.25) is 10.0 Å². The van der Waals surface area contributed by atoms with Crippen molar-refractivity contribution in [3.63, 3.8) is 0 Å². The van der Waals surface area contributed by atoms with Gasteiger partial charge in [-0.05, 0) is 34.9 Å². The van der Waals surface area contributed by atoms with Crippen molar-refractivity contribution in [2.45, 2.75) is 24.5 Å². The lowest BCUT2D eigenvalue weighted by Crippen LogP contribution is -2.36. The first-order chi connectivity index (χ1) is 14.0. The summed E-state index contributed by atoms with van der Waals surface area (Å²) in [7, 11) is -2.04. The third-order valence-corrected chi connectivity index (χ3v) is 5.28. The average Bonchev–Trinajstić information content (AvgIpc) is 3.22. The molecule has 10 heteroatoms. The van der Waals surface area contributed by atoms with Gasteiger partial charge in [0.05, 0.1) is 11.4 Å². The van der Waals surface area contributed by atoms with Crippen molar-refractivity contribution in [1.29, 1.82) is 0 Å². The minimum Gasteiger partial charge on any atom is -0.352 e. The van der Waals surface area contributed by atoms with E-state index in [0.717, 1.165) is 11.1 Å². The molecule has 0 saturated carbocycles. The monoisotopic (exact) mass is 540 g/mol. The van der Waals surface area contributed by atoms with Crippen molar-refractivity contribution < 1.29 is 8.42 Å². The fourth-order valence-electron chi connectivity index (χ4n) is 2.87. The molecule has 1 heterocycles. The van der Waals surface area contributed by atoms with E-state index < -0.39 is 10.0 Å². The third-order valence-electron chi connectivity index (χ3n) is 4.37. The predicted octanol–water partition coefficient (Wildman–Crippen LogP) is 2.06. The summed E-state index contributed by atoms with van der Waals surface area (Å²) < 4.78 is 24.9. The number of benzene rings is 2. The lowest BCUT2D eigenvalue weighted by atomic mass is 10.1. The maximum absolute atomic E-state index is 11.5. The van der Waals surface area contributed by atoms with Gasteiger partial charge in [-0.25, -0.2) is 13.6 Å². The number of aliphatic imine (C=N–C) groups is 1. The van der Waals surface area contributed by atoms with Crippen LogP contribution in [0.1, 0.15) is 16.7 Å². The summed E-state index contributed by atoms with van der Waals surface area (Å²) in [5.41, 5.74) is 3.10. The molecule has 4 N–H and O–H groups in total. The zero-order valence-electron chi connectivity index (χ0n) is 16.5. The summed E-state index contributed by atoms with van der Waals surface area (Å²) >= 11 is 0. The summed E-state index contributed by atoms with van der Waals surface area (Å²) in [6.07, 6.45) is 3.69. The summed E-state index contributed by atoms with van der Waals surface area (Å²) in [4.78, 5) is 4.32. The molecule has 0 aliphatic carbocycles. The van der Waals surface area contributed by atoms with Gasteiger partial charge < -0.3 is 10.6 Å². The summed E-state index contributed by atoms with van der Waals surface area (Å²) in [5, 5.41) is 15.9. The molecule has 8 nitrogen and oxygen atoms in total. The van der Waals surface area contributed by atoms with Gasteiger partial charge in [-0.15, -0.1) is 24.0 Å². The van der Waals surface area contributed by atoms with Crippen molar-refractivity contribution in [3.05, 3.63) is 83.7 Å². The number of aromatic nitrogens is 2. The van der Waals surface area contributed by atoms with Gasteiger partial charge in [0.25, 0.3) is 0 Å². The van der Waals surface area contributed by atoms with E-state index in [9.17, 15) is 8.42 Å². The van der Waals surface area contributed by atoms with Crippen molar-refractivity contribution in [2.24, 2.45) is 10.1 Å². The van der Waals surface area contributed by atoms with Gasteiger partial charge in [-0.1, -0.05) is 36.4 Å². The highest BCUT2D eigenvalue weighted by atomic mass is 127. The molecule has 0 aliphatic heterocycles. The van der Waals surface area contributed by atoms with E-state index in [1.165, 1.54) is 11.6 Å². The zero-order valence-corrected chi connectivity index (χ0v) is 19.7. The quantitative estimate of drug-likeness (QED) is 0.241. The molecule has 2 aromatic carbocycles. The largest absolute Gasteiger partial charge is 0.352 e. The molecule has 3 rings (SSSR count). The van der Waals surface area contributed by atoms with Crippen molar-refractivity contribution >= 4 is 40.0 Å². The van der Waals surface area contributed by atoms with Crippen LogP contribution >= 0.6 is 24.0 Å². The Balaban J connectivity index is 0.00000320. The Kier molecular flexibility index (Phi) is 8.81. The molecule has 0 amide bonds. The second kappa shape index (κ2) is 11.1. The highest BCUT2D eigenvalue weighted by Crippen LogP contribution is 2.11. The zero-order chi connectivity index (χ0) is 20.7. The molecule has 0 spiro atoms. The van der Waals surface area contributed by atoms with Crippen LogP contribution in [0.5, 0.6) is 0 Å². The maximum Gasteiger partial charge on any atom is 0.238 e. The fourth-order valence-corrected chi connectivity index (χ4v) is 3.45. The third kappa shape index (κ3) is 6.82. The van der Waals surface area contributed by atoms with Gasteiger partial charge in [0.1, 0.15) is 0 Å². The number of nitrogens with one attached hydrogen (secondary N) is 2.